The molecule has 0 aromatic carbocycles. The first kappa shape index (κ1) is 13.5. The zero-order chi connectivity index (χ0) is 12.0. The van der Waals surface area contributed by atoms with Crippen molar-refractivity contribution in [2.45, 2.75) is 26.7 Å². The minimum Gasteiger partial charge on any atom is -0.395 e. The van der Waals surface area contributed by atoms with Crippen LogP contribution in [0.3, 0.4) is 0 Å². The van der Waals surface area contributed by atoms with Gasteiger partial charge in [-0.15, -0.1) is 0 Å². The molecule has 0 radical (unpaired) electrons. The van der Waals surface area contributed by atoms with Crippen molar-refractivity contribution in [2.75, 3.05) is 39.3 Å². The summed E-state index contributed by atoms with van der Waals surface area (Å²) in [5.41, 5.74) is 0. The molecule has 0 saturated carbocycles. The molecule has 4 nitrogen and oxygen atoms in total. The molecular formula is C12H24N2O2. The summed E-state index contributed by atoms with van der Waals surface area (Å²) in [6.45, 7) is 8.49. The summed E-state index contributed by atoms with van der Waals surface area (Å²) < 4.78 is 0. The highest BCUT2D eigenvalue weighted by Gasteiger charge is 2.22. The van der Waals surface area contributed by atoms with Gasteiger partial charge in [-0.3, -0.25) is 4.79 Å². The molecule has 1 saturated heterocycles. The molecule has 0 aliphatic carbocycles. The van der Waals surface area contributed by atoms with Crippen LogP contribution in [-0.4, -0.2) is 60.1 Å². The number of hydrogen-bond donors (Lipinski definition) is 1. The van der Waals surface area contributed by atoms with Gasteiger partial charge in [0.1, 0.15) is 0 Å². The molecular weight excluding hydrogens is 204 g/mol. The van der Waals surface area contributed by atoms with Gasteiger partial charge in [0.2, 0.25) is 5.91 Å². The standard InChI is InChI=1S/C12H24N2O2/c1-3-13(7-8-15)9-12-5-4-6-14(10-12)11(2)16/h12,15H,3-10H2,1-2H3. The van der Waals surface area contributed by atoms with Crippen LogP contribution >= 0.6 is 0 Å². The highest BCUT2D eigenvalue weighted by molar-refractivity contribution is 5.73. The lowest BCUT2D eigenvalue weighted by molar-refractivity contribution is -0.130. The Balaban J connectivity index is 2.38. The number of nitrogens with zero attached hydrogens (tertiary/aromatic N) is 2. The second kappa shape index (κ2) is 6.86. The van der Waals surface area contributed by atoms with Crippen LogP contribution < -0.4 is 0 Å². The van der Waals surface area contributed by atoms with Crippen molar-refractivity contribution in [1.29, 1.82) is 0 Å². The maximum Gasteiger partial charge on any atom is 0.219 e. The first-order valence-electron chi connectivity index (χ1n) is 6.26. The largest absolute Gasteiger partial charge is 0.395 e. The molecule has 94 valence electrons. The Labute approximate surface area is 98.2 Å². The molecule has 16 heavy (non-hydrogen) atoms. The van der Waals surface area contributed by atoms with Crippen molar-refractivity contribution in [3.63, 3.8) is 0 Å². The predicted molar refractivity (Wildman–Crippen MR) is 64.2 cm³/mol. The summed E-state index contributed by atoms with van der Waals surface area (Å²) in [7, 11) is 0. The van der Waals surface area contributed by atoms with Crippen molar-refractivity contribution in [3.8, 4) is 0 Å². The molecule has 0 aromatic rings. The molecule has 0 aromatic heterocycles. The normalized spacial score (nSPS) is 21.5. The van der Waals surface area contributed by atoms with Crippen LogP contribution in [0.2, 0.25) is 0 Å². The minimum absolute atomic E-state index is 0.190. The maximum atomic E-state index is 11.3. The fraction of sp³-hybridized carbons (Fsp3) is 0.917. The number of hydrogen-bond acceptors (Lipinski definition) is 3. The fourth-order valence-electron chi connectivity index (χ4n) is 2.39. The Morgan fingerprint density at radius 2 is 2.31 bits per heavy atom. The topological polar surface area (TPSA) is 43.8 Å². The number of rotatable bonds is 5. The van der Waals surface area contributed by atoms with Crippen LogP contribution in [0.25, 0.3) is 0 Å². The van der Waals surface area contributed by atoms with Crippen LogP contribution in [0.15, 0.2) is 0 Å². The zero-order valence-corrected chi connectivity index (χ0v) is 10.5. The second-order valence-electron chi connectivity index (χ2n) is 4.59. The third-order valence-corrected chi connectivity index (χ3v) is 3.34. The van der Waals surface area contributed by atoms with Gasteiger partial charge in [0.15, 0.2) is 0 Å². The van der Waals surface area contributed by atoms with Crippen LogP contribution in [0.1, 0.15) is 26.7 Å². The Morgan fingerprint density at radius 3 is 2.88 bits per heavy atom. The van der Waals surface area contributed by atoms with E-state index in [2.05, 4.69) is 11.8 Å². The van der Waals surface area contributed by atoms with E-state index in [-0.39, 0.29) is 12.5 Å². The average molecular weight is 228 g/mol. The van der Waals surface area contributed by atoms with E-state index >= 15 is 0 Å². The molecule has 4 heteroatoms. The van der Waals surface area contributed by atoms with E-state index in [0.29, 0.717) is 5.92 Å². The number of likely N-dealkylation sites (N-methyl/N-ethyl adjacent to an activating group) is 1. The predicted octanol–water partition coefficient (Wildman–Crippen LogP) is 0.559. The first-order valence-corrected chi connectivity index (χ1v) is 6.26. The smallest absolute Gasteiger partial charge is 0.219 e. The van der Waals surface area contributed by atoms with Gasteiger partial charge in [0, 0.05) is 33.1 Å². The minimum atomic E-state index is 0.190. The molecule has 1 atom stereocenters. The number of piperidine rings is 1. The third kappa shape index (κ3) is 4.10. The summed E-state index contributed by atoms with van der Waals surface area (Å²) in [6, 6.07) is 0. The van der Waals surface area contributed by atoms with E-state index in [9.17, 15) is 4.79 Å². The average Bonchev–Trinajstić information content (AvgIpc) is 2.29. The summed E-state index contributed by atoms with van der Waals surface area (Å²) >= 11 is 0. The number of carbonyl (C=O) groups excluding carboxylic acids is 1. The zero-order valence-electron chi connectivity index (χ0n) is 10.5. The van der Waals surface area contributed by atoms with Gasteiger partial charge in [-0.1, -0.05) is 6.92 Å². The molecule has 1 heterocycles. The molecule has 0 bridgehead atoms. The lowest BCUT2D eigenvalue weighted by Crippen LogP contribution is -2.43. The third-order valence-electron chi connectivity index (χ3n) is 3.34. The van der Waals surface area contributed by atoms with Crippen molar-refractivity contribution < 1.29 is 9.90 Å². The summed E-state index contributed by atoms with van der Waals surface area (Å²) in [5, 5.41) is 8.93. The lowest BCUT2D eigenvalue weighted by Gasteiger charge is -2.34. The van der Waals surface area contributed by atoms with Gasteiger partial charge < -0.3 is 14.9 Å². The molecule has 1 fully saturated rings. The molecule has 1 aliphatic rings. The van der Waals surface area contributed by atoms with E-state index in [1.54, 1.807) is 6.92 Å². The lowest BCUT2D eigenvalue weighted by atomic mass is 9.97. The summed E-state index contributed by atoms with van der Waals surface area (Å²) in [6.07, 6.45) is 2.31. The molecule has 1 aliphatic heterocycles. The fourth-order valence-corrected chi connectivity index (χ4v) is 2.39. The number of aliphatic hydroxyl groups is 1. The van der Waals surface area contributed by atoms with E-state index in [0.717, 1.165) is 39.1 Å². The summed E-state index contributed by atoms with van der Waals surface area (Å²) in [4.78, 5) is 15.5. The monoisotopic (exact) mass is 228 g/mol. The Morgan fingerprint density at radius 1 is 1.56 bits per heavy atom. The van der Waals surface area contributed by atoms with Gasteiger partial charge >= 0.3 is 0 Å². The van der Waals surface area contributed by atoms with Crippen LogP contribution in [0.4, 0.5) is 0 Å². The van der Waals surface area contributed by atoms with Crippen molar-refractivity contribution in [1.82, 2.24) is 9.80 Å². The van der Waals surface area contributed by atoms with Crippen LogP contribution in [-0.2, 0) is 4.79 Å². The van der Waals surface area contributed by atoms with E-state index in [1.165, 1.54) is 6.42 Å². The molecule has 0 spiro atoms. The Kier molecular flexibility index (Phi) is 5.77. The number of carbonyl (C=O) groups is 1. The van der Waals surface area contributed by atoms with Crippen molar-refractivity contribution in [2.24, 2.45) is 5.92 Å². The van der Waals surface area contributed by atoms with E-state index < -0.39 is 0 Å². The molecule has 1 rings (SSSR count). The highest BCUT2D eigenvalue weighted by Crippen LogP contribution is 2.17. The van der Waals surface area contributed by atoms with Crippen molar-refractivity contribution >= 4 is 5.91 Å². The number of likely N-dealkylation sites (tertiary alicyclic amines) is 1. The van der Waals surface area contributed by atoms with Gasteiger partial charge in [-0.05, 0) is 25.3 Å². The van der Waals surface area contributed by atoms with Crippen LogP contribution in [0, 0.1) is 5.92 Å². The first-order chi connectivity index (χ1) is 7.67. The molecule has 1 N–H and O–H groups in total. The maximum absolute atomic E-state index is 11.3. The summed E-state index contributed by atoms with van der Waals surface area (Å²) in [5.74, 6) is 0.763. The van der Waals surface area contributed by atoms with Gasteiger partial charge in [-0.2, -0.15) is 0 Å². The van der Waals surface area contributed by atoms with Gasteiger partial charge in [-0.25, -0.2) is 0 Å². The van der Waals surface area contributed by atoms with Crippen LogP contribution in [0.5, 0.6) is 0 Å². The van der Waals surface area contributed by atoms with Gasteiger partial charge in [0.05, 0.1) is 6.61 Å². The van der Waals surface area contributed by atoms with Gasteiger partial charge in [0.25, 0.3) is 0 Å². The van der Waals surface area contributed by atoms with Crippen molar-refractivity contribution in [3.05, 3.63) is 0 Å². The quantitative estimate of drug-likeness (QED) is 0.748. The Hall–Kier alpha value is -0.610. The molecule has 1 amide bonds. The Bertz CT molecular complexity index is 221. The second-order valence-corrected chi connectivity index (χ2v) is 4.59. The SMILES string of the molecule is CCN(CCO)CC1CCCN(C(C)=O)C1. The number of amides is 1. The van der Waals surface area contributed by atoms with E-state index in [4.69, 9.17) is 5.11 Å². The highest BCUT2D eigenvalue weighted by atomic mass is 16.3. The van der Waals surface area contributed by atoms with E-state index in [1.807, 2.05) is 4.90 Å². The number of aliphatic hydroxyl groups excluding tert-OH is 1. The molecule has 1 unspecified atom stereocenters.